The van der Waals surface area contributed by atoms with Gasteiger partial charge >= 0.3 is 0 Å². The highest BCUT2D eigenvalue weighted by molar-refractivity contribution is 5.40. The zero-order valence-electron chi connectivity index (χ0n) is 13.0. The van der Waals surface area contributed by atoms with Gasteiger partial charge in [0.2, 0.25) is 0 Å². The molecule has 0 fully saturated rings. The van der Waals surface area contributed by atoms with Crippen molar-refractivity contribution in [3.8, 4) is 5.75 Å². The summed E-state index contributed by atoms with van der Waals surface area (Å²) in [5.74, 6) is 1.59. The van der Waals surface area contributed by atoms with E-state index in [1.54, 1.807) is 7.11 Å². The molecule has 2 aromatic rings. The van der Waals surface area contributed by atoms with E-state index in [1.165, 1.54) is 22.3 Å². The minimum atomic E-state index is 0.436. The average molecular weight is 281 g/mol. The molecule has 2 nitrogen and oxygen atoms in total. The highest BCUT2D eigenvalue weighted by Crippen LogP contribution is 2.39. The van der Waals surface area contributed by atoms with Crippen molar-refractivity contribution in [3.05, 3.63) is 64.7 Å². The number of hydrogen-bond donors (Lipinski definition) is 1. The molecule has 1 aliphatic rings. The van der Waals surface area contributed by atoms with Gasteiger partial charge in [0, 0.05) is 6.04 Å². The van der Waals surface area contributed by atoms with Gasteiger partial charge in [-0.1, -0.05) is 42.0 Å². The smallest absolute Gasteiger partial charge is 0.122 e. The van der Waals surface area contributed by atoms with Crippen LogP contribution in [0.4, 0.5) is 0 Å². The number of methoxy groups -OCH3 is 1. The molecule has 2 unspecified atom stereocenters. The van der Waals surface area contributed by atoms with Gasteiger partial charge in [-0.3, -0.25) is 0 Å². The van der Waals surface area contributed by atoms with Crippen molar-refractivity contribution >= 4 is 0 Å². The summed E-state index contributed by atoms with van der Waals surface area (Å²) in [5, 5.41) is 3.50. The van der Waals surface area contributed by atoms with Gasteiger partial charge in [-0.15, -0.1) is 0 Å². The number of aryl methyl sites for hydroxylation is 1. The van der Waals surface area contributed by atoms with Crippen LogP contribution in [-0.2, 0) is 12.8 Å². The van der Waals surface area contributed by atoms with Crippen molar-refractivity contribution in [2.45, 2.75) is 25.8 Å². The molecule has 2 heteroatoms. The zero-order chi connectivity index (χ0) is 14.8. The van der Waals surface area contributed by atoms with E-state index in [4.69, 9.17) is 4.74 Å². The molecule has 1 N–H and O–H groups in total. The van der Waals surface area contributed by atoms with Gasteiger partial charge < -0.3 is 10.1 Å². The SMILES string of the molecule is CNC1c2ccccc2CC1Cc1cc(C)ccc1OC. The number of ether oxygens (including phenoxy) is 1. The van der Waals surface area contributed by atoms with Crippen LogP contribution in [0.5, 0.6) is 5.75 Å². The van der Waals surface area contributed by atoms with Crippen LogP contribution >= 0.6 is 0 Å². The van der Waals surface area contributed by atoms with E-state index in [0.717, 1.165) is 18.6 Å². The van der Waals surface area contributed by atoms with E-state index in [2.05, 4.69) is 61.8 Å². The fourth-order valence-electron chi connectivity index (χ4n) is 3.61. The summed E-state index contributed by atoms with van der Waals surface area (Å²) >= 11 is 0. The molecule has 2 aromatic carbocycles. The van der Waals surface area contributed by atoms with Crippen molar-refractivity contribution < 1.29 is 4.74 Å². The molecule has 0 spiro atoms. The van der Waals surface area contributed by atoms with Crippen LogP contribution in [0.15, 0.2) is 42.5 Å². The molecule has 110 valence electrons. The Kier molecular flexibility index (Phi) is 3.98. The Labute approximate surface area is 127 Å². The van der Waals surface area contributed by atoms with Crippen LogP contribution in [-0.4, -0.2) is 14.2 Å². The zero-order valence-corrected chi connectivity index (χ0v) is 13.0. The number of fused-ring (bicyclic) bond motifs is 1. The fraction of sp³-hybridized carbons (Fsp3) is 0.368. The lowest BCUT2D eigenvalue weighted by Gasteiger charge is -2.21. The summed E-state index contributed by atoms with van der Waals surface area (Å²) in [5.41, 5.74) is 5.54. The molecule has 0 aliphatic heterocycles. The lowest BCUT2D eigenvalue weighted by molar-refractivity contribution is 0.384. The summed E-state index contributed by atoms with van der Waals surface area (Å²) in [6.07, 6.45) is 2.18. The first-order chi connectivity index (χ1) is 10.2. The molecule has 0 bridgehead atoms. The number of hydrogen-bond acceptors (Lipinski definition) is 2. The second kappa shape index (κ2) is 5.90. The summed E-state index contributed by atoms with van der Waals surface area (Å²) < 4.78 is 5.54. The van der Waals surface area contributed by atoms with Gasteiger partial charge in [-0.25, -0.2) is 0 Å². The van der Waals surface area contributed by atoms with E-state index in [0.29, 0.717) is 12.0 Å². The highest BCUT2D eigenvalue weighted by Gasteiger charge is 2.31. The first kappa shape index (κ1) is 14.2. The molecule has 1 aliphatic carbocycles. The summed E-state index contributed by atoms with van der Waals surface area (Å²) in [4.78, 5) is 0. The predicted molar refractivity (Wildman–Crippen MR) is 86.9 cm³/mol. The molecule has 2 atom stereocenters. The predicted octanol–water partition coefficient (Wildman–Crippen LogP) is 3.68. The molecular weight excluding hydrogens is 258 g/mol. The molecule has 0 amide bonds. The molecule has 3 rings (SSSR count). The Hall–Kier alpha value is -1.80. The summed E-state index contributed by atoms with van der Waals surface area (Å²) in [6, 6.07) is 15.7. The van der Waals surface area contributed by atoms with E-state index in [-0.39, 0.29) is 0 Å². The molecule has 0 aromatic heterocycles. The second-order valence-electron chi connectivity index (χ2n) is 5.95. The highest BCUT2D eigenvalue weighted by atomic mass is 16.5. The van der Waals surface area contributed by atoms with E-state index >= 15 is 0 Å². The van der Waals surface area contributed by atoms with Crippen LogP contribution in [0.25, 0.3) is 0 Å². The first-order valence-corrected chi connectivity index (χ1v) is 7.61. The van der Waals surface area contributed by atoms with Crippen LogP contribution in [0, 0.1) is 12.8 Å². The molecule has 21 heavy (non-hydrogen) atoms. The largest absolute Gasteiger partial charge is 0.496 e. The lowest BCUT2D eigenvalue weighted by Crippen LogP contribution is -2.23. The van der Waals surface area contributed by atoms with Gasteiger partial charge in [0.1, 0.15) is 5.75 Å². The maximum Gasteiger partial charge on any atom is 0.122 e. The first-order valence-electron chi connectivity index (χ1n) is 7.61. The third-order valence-corrected chi connectivity index (χ3v) is 4.57. The van der Waals surface area contributed by atoms with E-state index in [1.807, 2.05) is 0 Å². The Morgan fingerprint density at radius 1 is 1.19 bits per heavy atom. The lowest BCUT2D eigenvalue weighted by atomic mass is 9.92. The van der Waals surface area contributed by atoms with Gasteiger partial charge in [0.05, 0.1) is 7.11 Å². The van der Waals surface area contributed by atoms with Gasteiger partial charge in [0.25, 0.3) is 0 Å². The number of nitrogens with one attached hydrogen (secondary N) is 1. The molecule has 0 saturated carbocycles. The fourth-order valence-corrected chi connectivity index (χ4v) is 3.61. The summed E-state index contributed by atoms with van der Waals surface area (Å²) in [6.45, 7) is 2.14. The van der Waals surface area contributed by atoms with Crippen LogP contribution < -0.4 is 10.1 Å². The normalized spacial score (nSPS) is 20.3. The van der Waals surface area contributed by atoms with Crippen LogP contribution in [0.1, 0.15) is 28.3 Å². The topological polar surface area (TPSA) is 21.3 Å². The third kappa shape index (κ3) is 2.68. The monoisotopic (exact) mass is 281 g/mol. The second-order valence-corrected chi connectivity index (χ2v) is 5.95. The van der Waals surface area contributed by atoms with Gasteiger partial charge in [-0.05, 0) is 55.5 Å². The maximum atomic E-state index is 5.54. The van der Waals surface area contributed by atoms with Crippen molar-refractivity contribution in [3.63, 3.8) is 0 Å². The quantitative estimate of drug-likeness (QED) is 0.923. The van der Waals surface area contributed by atoms with E-state index < -0.39 is 0 Å². The number of benzene rings is 2. The third-order valence-electron chi connectivity index (χ3n) is 4.57. The molecular formula is C19H23NO. The Morgan fingerprint density at radius 2 is 2.00 bits per heavy atom. The van der Waals surface area contributed by atoms with Gasteiger partial charge in [-0.2, -0.15) is 0 Å². The minimum absolute atomic E-state index is 0.436. The number of rotatable bonds is 4. The van der Waals surface area contributed by atoms with Crippen molar-refractivity contribution in [2.24, 2.45) is 5.92 Å². The Bertz CT molecular complexity index is 635. The Morgan fingerprint density at radius 3 is 2.76 bits per heavy atom. The summed E-state index contributed by atoms with van der Waals surface area (Å²) in [7, 11) is 3.82. The van der Waals surface area contributed by atoms with Crippen molar-refractivity contribution in [1.82, 2.24) is 5.32 Å². The van der Waals surface area contributed by atoms with Crippen molar-refractivity contribution in [2.75, 3.05) is 14.2 Å². The standard InChI is InChI=1S/C19H23NO/c1-13-8-9-18(21-3)15(10-13)12-16-11-14-6-4-5-7-17(14)19(16)20-2/h4-10,16,19-20H,11-12H2,1-3H3. The minimum Gasteiger partial charge on any atom is -0.496 e. The van der Waals surface area contributed by atoms with Gasteiger partial charge in [0.15, 0.2) is 0 Å². The van der Waals surface area contributed by atoms with Crippen molar-refractivity contribution in [1.29, 1.82) is 0 Å². The van der Waals surface area contributed by atoms with Crippen LogP contribution in [0.3, 0.4) is 0 Å². The molecule has 0 heterocycles. The molecule has 0 saturated heterocycles. The average Bonchev–Trinajstić information content (AvgIpc) is 2.84. The van der Waals surface area contributed by atoms with Crippen LogP contribution in [0.2, 0.25) is 0 Å². The Balaban J connectivity index is 1.88. The molecule has 0 radical (unpaired) electrons. The van der Waals surface area contributed by atoms with E-state index in [9.17, 15) is 0 Å². The maximum absolute atomic E-state index is 5.54.